The topological polar surface area (TPSA) is 76.0 Å². The minimum absolute atomic E-state index is 0.0371. The summed E-state index contributed by atoms with van der Waals surface area (Å²) in [7, 11) is -1.40. The van der Waals surface area contributed by atoms with Gasteiger partial charge in [-0.2, -0.15) is 0 Å². The Balaban J connectivity index is 1.69. The van der Waals surface area contributed by atoms with Crippen molar-refractivity contribution in [2.45, 2.75) is 69.4 Å². The second-order valence-electron chi connectivity index (χ2n) is 12.9. The Bertz CT molecular complexity index is 1270. The maximum absolute atomic E-state index is 11.7. The Morgan fingerprint density at radius 2 is 1.49 bits per heavy atom. The summed E-state index contributed by atoms with van der Waals surface area (Å²) in [5.74, 6) is -0.407. The van der Waals surface area contributed by atoms with Crippen LogP contribution in [-0.4, -0.2) is 50.9 Å². The molecule has 0 bridgehead atoms. The monoisotopic (exact) mass is 600 g/mol. The summed E-state index contributed by atoms with van der Waals surface area (Å²) in [6.07, 6.45) is 6.70. The lowest BCUT2D eigenvalue weighted by molar-refractivity contribution is -0.140. The van der Waals surface area contributed by atoms with E-state index in [1.54, 1.807) is 0 Å². The fraction of sp³-hybridized carbons (Fsp3) is 0.432. The lowest BCUT2D eigenvalue weighted by Gasteiger charge is -2.44. The molecule has 0 saturated heterocycles. The highest BCUT2D eigenvalue weighted by molar-refractivity contribution is 6.99. The molecule has 4 rings (SSSR count). The average Bonchev–Trinajstić information content (AvgIpc) is 3.30. The number of carbonyl (C=O) groups is 1. The van der Waals surface area contributed by atoms with Gasteiger partial charge >= 0.3 is 5.97 Å². The van der Waals surface area contributed by atoms with Gasteiger partial charge in [0.05, 0.1) is 19.8 Å². The van der Waals surface area contributed by atoms with Crippen LogP contribution in [0.25, 0.3) is 0 Å². The Kier molecular flexibility index (Phi) is 11.2. The van der Waals surface area contributed by atoms with Crippen LogP contribution in [0.4, 0.5) is 0 Å². The van der Waals surface area contributed by atoms with Crippen molar-refractivity contribution in [3.63, 3.8) is 0 Å². The van der Waals surface area contributed by atoms with E-state index in [0.29, 0.717) is 25.9 Å². The van der Waals surface area contributed by atoms with Crippen molar-refractivity contribution in [2.24, 2.45) is 11.8 Å². The van der Waals surface area contributed by atoms with E-state index in [0.717, 1.165) is 18.4 Å². The molecular formula is C37H48O5Si. The summed E-state index contributed by atoms with van der Waals surface area (Å²) in [6, 6.07) is 31.3. The fourth-order valence-corrected chi connectivity index (χ4v) is 11.8. The molecule has 1 aliphatic rings. The van der Waals surface area contributed by atoms with Gasteiger partial charge in [0, 0.05) is 24.4 Å². The van der Waals surface area contributed by atoms with E-state index in [1.807, 2.05) is 30.3 Å². The van der Waals surface area contributed by atoms with Crippen molar-refractivity contribution in [3.05, 3.63) is 109 Å². The van der Waals surface area contributed by atoms with E-state index in [9.17, 15) is 15.0 Å². The number of unbranched alkanes of at least 4 members (excludes halogenated alkanes) is 1. The zero-order valence-electron chi connectivity index (χ0n) is 26.1. The quantitative estimate of drug-likeness (QED) is 0.113. The number of allylic oxidation sites excluding steroid dienone is 2. The lowest BCUT2D eigenvalue weighted by atomic mass is 9.69. The number of hydrogen-bond acceptors (Lipinski definition) is 5. The molecular weight excluding hydrogens is 552 g/mol. The summed E-state index contributed by atoms with van der Waals surface area (Å²) < 4.78 is 12.1. The molecule has 1 fully saturated rings. The van der Waals surface area contributed by atoms with Crippen molar-refractivity contribution in [1.29, 1.82) is 0 Å². The third-order valence-electron chi connectivity index (χ3n) is 9.37. The zero-order valence-corrected chi connectivity index (χ0v) is 27.1. The molecule has 0 aromatic heterocycles. The minimum Gasteiger partial charge on any atom is -0.469 e. The maximum Gasteiger partial charge on any atom is 0.305 e. The van der Waals surface area contributed by atoms with Gasteiger partial charge in [-0.3, -0.25) is 4.79 Å². The van der Waals surface area contributed by atoms with Gasteiger partial charge in [-0.05, 0) is 52.6 Å². The van der Waals surface area contributed by atoms with Crippen LogP contribution in [0.15, 0.2) is 103 Å². The van der Waals surface area contributed by atoms with Crippen LogP contribution in [0.3, 0.4) is 0 Å². The molecule has 43 heavy (non-hydrogen) atoms. The minimum atomic E-state index is -2.81. The first-order valence-corrected chi connectivity index (χ1v) is 17.4. The number of aliphatic hydroxyl groups is 2. The third-order valence-corrected chi connectivity index (χ3v) is 14.4. The summed E-state index contributed by atoms with van der Waals surface area (Å²) in [5.41, 5.74) is 0.463. The largest absolute Gasteiger partial charge is 0.469 e. The summed E-state index contributed by atoms with van der Waals surface area (Å²) in [5, 5.41) is 24.9. The molecule has 0 spiro atoms. The predicted octanol–water partition coefficient (Wildman–Crippen LogP) is 5.78. The first kappa shape index (κ1) is 32.9. The lowest BCUT2D eigenvalue weighted by Crippen LogP contribution is -2.67. The van der Waals surface area contributed by atoms with Gasteiger partial charge in [0.1, 0.15) is 0 Å². The van der Waals surface area contributed by atoms with E-state index in [2.05, 4.69) is 93.6 Å². The van der Waals surface area contributed by atoms with Gasteiger partial charge in [-0.1, -0.05) is 124 Å². The molecule has 230 valence electrons. The molecule has 0 amide bonds. The number of esters is 1. The normalized spacial score (nSPS) is 22.6. The van der Waals surface area contributed by atoms with Crippen LogP contribution >= 0.6 is 0 Å². The van der Waals surface area contributed by atoms with Crippen molar-refractivity contribution in [3.8, 4) is 0 Å². The second kappa shape index (κ2) is 14.6. The highest BCUT2D eigenvalue weighted by Gasteiger charge is 2.55. The van der Waals surface area contributed by atoms with Gasteiger partial charge in [-0.15, -0.1) is 0 Å². The SMILES string of the molecule is COC(=O)CCCC=CC[C@@H]1[C@@H](CO[Si](c2ccccc2)(c2ccccc2)C(C)(C)C)[C@H](O)C[C@@]1(CO)c1ccccc1. The van der Waals surface area contributed by atoms with Crippen LogP contribution < -0.4 is 10.4 Å². The van der Waals surface area contributed by atoms with Crippen molar-refractivity contribution < 1.29 is 24.2 Å². The standard InChI is InChI=1S/C37H48O5Si/c1-36(2,3)43(30-20-12-8-13-21-30,31-22-14-9-15-23-31)42-27-32-33(24-16-5-6-17-25-35(40)41-4)37(28-38,26-34(32)39)29-18-10-7-11-19-29/h5,7-16,18-23,32-34,38-39H,6,17,24-28H2,1-4H3/t32-,33-,34-,37-/m1/s1. The summed E-state index contributed by atoms with van der Waals surface area (Å²) >= 11 is 0. The molecule has 0 radical (unpaired) electrons. The molecule has 3 aromatic rings. The van der Waals surface area contributed by atoms with E-state index < -0.39 is 19.8 Å². The Morgan fingerprint density at radius 1 is 0.930 bits per heavy atom. The van der Waals surface area contributed by atoms with Gasteiger partial charge in [0.25, 0.3) is 8.32 Å². The van der Waals surface area contributed by atoms with Crippen molar-refractivity contribution in [1.82, 2.24) is 0 Å². The number of carbonyl (C=O) groups excluding carboxylic acids is 1. The summed E-state index contributed by atoms with van der Waals surface area (Å²) in [4.78, 5) is 11.5. The van der Waals surface area contributed by atoms with Crippen molar-refractivity contribution >= 4 is 24.7 Å². The van der Waals surface area contributed by atoms with Crippen LogP contribution in [0.5, 0.6) is 0 Å². The molecule has 5 nitrogen and oxygen atoms in total. The molecule has 0 aliphatic heterocycles. The number of aliphatic hydroxyl groups excluding tert-OH is 2. The number of ether oxygens (including phenoxy) is 1. The van der Waals surface area contributed by atoms with Crippen LogP contribution in [-0.2, 0) is 19.4 Å². The third kappa shape index (κ3) is 7.04. The van der Waals surface area contributed by atoms with Crippen LogP contribution in [0, 0.1) is 11.8 Å². The highest BCUT2D eigenvalue weighted by atomic mass is 28.4. The fourth-order valence-electron chi connectivity index (χ4n) is 7.17. The van der Waals surface area contributed by atoms with Crippen molar-refractivity contribution in [2.75, 3.05) is 20.3 Å². The Labute approximate surface area is 258 Å². The molecule has 3 aromatic carbocycles. The van der Waals surface area contributed by atoms with E-state index in [1.165, 1.54) is 17.5 Å². The highest BCUT2D eigenvalue weighted by Crippen LogP contribution is 2.51. The van der Waals surface area contributed by atoms with Crippen LogP contribution in [0.2, 0.25) is 5.04 Å². The Morgan fingerprint density at radius 3 is 2.00 bits per heavy atom. The zero-order chi connectivity index (χ0) is 30.9. The first-order chi connectivity index (χ1) is 20.7. The second-order valence-corrected chi connectivity index (χ2v) is 17.2. The van der Waals surface area contributed by atoms with Gasteiger partial charge in [0.2, 0.25) is 0 Å². The molecule has 0 unspecified atom stereocenters. The van der Waals surface area contributed by atoms with E-state index >= 15 is 0 Å². The van der Waals surface area contributed by atoms with E-state index in [4.69, 9.17) is 9.16 Å². The molecule has 6 heteroatoms. The van der Waals surface area contributed by atoms with Gasteiger partial charge < -0.3 is 19.4 Å². The number of methoxy groups -OCH3 is 1. The van der Waals surface area contributed by atoms with E-state index in [-0.39, 0.29) is 29.5 Å². The molecule has 0 heterocycles. The van der Waals surface area contributed by atoms with Gasteiger partial charge in [0.15, 0.2) is 0 Å². The molecule has 4 atom stereocenters. The number of rotatable bonds is 13. The number of hydrogen-bond donors (Lipinski definition) is 2. The maximum atomic E-state index is 11.7. The van der Waals surface area contributed by atoms with Gasteiger partial charge in [-0.25, -0.2) is 0 Å². The smallest absolute Gasteiger partial charge is 0.305 e. The Hall–Kier alpha value is -3.03. The molecule has 1 saturated carbocycles. The summed E-state index contributed by atoms with van der Waals surface area (Å²) in [6.45, 7) is 7.14. The average molecular weight is 601 g/mol. The molecule has 2 N–H and O–H groups in total. The number of benzene rings is 3. The predicted molar refractivity (Wildman–Crippen MR) is 176 cm³/mol. The molecule has 1 aliphatic carbocycles. The first-order valence-electron chi connectivity index (χ1n) is 15.5. The van der Waals surface area contributed by atoms with Crippen LogP contribution in [0.1, 0.15) is 58.4 Å².